The summed E-state index contributed by atoms with van der Waals surface area (Å²) in [7, 11) is -4.89. The molecule has 0 aliphatic heterocycles. The first-order valence-corrected chi connectivity index (χ1v) is 8.01. The molecule has 0 heterocycles. The van der Waals surface area contributed by atoms with E-state index in [0.717, 1.165) is 0 Å². The standard InChI is InChI=1S/C5H12O.C3H9BO2.C3H9O3P/c1-4(2)5(3)6;1-3(2)4(5)6;1-3(2)7(4,5)6/h4-6H,1-3H3;3,5-6H,1-2H3;3H,1-2H3,(H2,4,5,6). The Morgan fingerprint density at radius 2 is 1.05 bits per heavy atom. The van der Waals surface area contributed by atoms with E-state index in [4.69, 9.17) is 24.9 Å². The number of hydrogen-bond acceptors (Lipinski definition) is 4. The second-order valence-electron chi connectivity index (χ2n) is 5.33. The Hall–Kier alpha value is 0.0949. The molecule has 0 rings (SSSR count). The van der Waals surface area contributed by atoms with Crippen molar-refractivity contribution in [3.63, 3.8) is 0 Å². The van der Waals surface area contributed by atoms with E-state index in [1.54, 1.807) is 20.8 Å². The van der Waals surface area contributed by atoms with Gasteiger partial charge in [-0.15, -0.1) is 0 Å². The maximum absolute atomic E-state index is 10.0. The summed E-state index contributed by atoms with van der Waals surface area (Å²) in [4.78, 5) is 16.4. The summed E-state index contributed by atoms with van der Waals surface area (Å²) in [6.45, 7) is 12.2. The fraction of sp³-hybridized carbons (Fsp3) is 1.00. The normalized spacial score (nSPS) is 12.6. The van der Waals surface area contributed by atoms with Crippen LogP contribution in [0.5, 0.6) is 0 Å². The van der Waals surface area contributed by atoms with Gasteiger partial charge >= 0.3 is 14.7 Å². The van der Waals surface area contributed by atoms with E-state index in [2.05, 4.69) is 0 Å². The molecule has 0 spiro atoms. The third-order valence-corrected chi connectivity index (χ3v) is 3.58. The molecular weight excluding hydrogens is 270 g/mol. The van der Waals surface area contributed by atoms with E-state index >= 15 is 0 Å². The van der Waals surface area contributed by atoms with Crippen molar-refractivity contribution in [3.8, 4) is 0 Å². The predicted octanol–water partition coefficient (Wildman–Crippen LogP) is 1.46. The SMILES string of the molecule is CC(C)B(O)O.CC(C)C(C)O.CC(C)P(=O)(O)O. The van der Waals surface area contributed by atoms with Crippen LogP contribution in [-0.4, -0.2) is 43.8 Å². The maximum atomic E-state index is 10.0. The first-order chi connectivity index (χ1) is 8.23. The topological polar surface area (TPSA) is 118 Å². The van der Waals surface area contributed by atoms with Crippen molar-refractivity contribution >= 4 is 14.7 Å². The molecule has 0 amide bonds. The van der Waals surface area contributed by atoms with Crippen LogP contribution in [0.1, 0.15) is 48.5 Å². The van der Waals surface area contributed by atoms with E-state index in [0.29, 0.717) is 5.92 Å². The Kier molecular flexibility index (Phi) is 15.1. The zero-order valence-corrected chi connectivity index (χ0v) is 13.9. The minimum absolute atomic E-state index is 0.0370. The Labute approximate surface area is 117 Å². The van der Waals surface area contributed by atoms with Crippen LogP contribution in [0.3, 0.4) is 0 Å². The zero-order valence-electron chi connectivity index (χ0n) is 13.0. The van der Waals surface area contributed by atoms with Gasteiger partial charge in [0.2, 0.25) is 0 Å². The van der Waals surface area contributed by atoms with Gasteiger partial charge in [-0.05, 0) is 18.7 Å². The average Bonchev–Trinajstić information content (AvgIpc) is 2.17. The van der Waals surface area contributed by atoms with E-state index in [1.165, 1.54) is 13.8 Å². The van der Waals surface area contributed by atoms with Gasteiger partial charge in [0.25, 0.3) is 0 Å². The highest BCUT2D eigenvalue weighted by atomic mass is 31.2. The van der Waals surface area contributed by atoms with Gasteiger partial charge in [-0.2, -0.15) is 0 Å². The second-order valence-corrected chi connectivity index (χ2v) is 7.54. The van der Waals surface area contributed by atoms with Crippen LogP contribution in [0.4, 0.5) is 0 Å². The Morgan fingerprint density at radius 1 is 0.895 bits per heavy atom. The molecule has 0 saturated carbocycles. The molecule has 19 heavy (non-hydrogen) atoms. The molecule has 6 nitrogen and oxygen atoms in total. The highest BCUT2D eigenvalue weighted by Gasteiger charge is 2.17. The molecule has 0 saturated heterocycles. The number of aliphatic hydroxyl groups is 1. The number of aliphatic hydroxyl groups excluding tert-OH is 1. The van der Waals surface area contributed by atoms with Gasteiger partial charge < -0.3 is 24.9 Å². The Balaban J connectivity index is -0.000000203. The predicted molar refractivity (Wildman–Crippen MR) is 79.0 cm³/mol. The maximum Gasteiger partial charge on any atom is 0.454 e. The molecular formula is C11H30BO6P. The van der Waals surface area contributed by atoms with Gasteiger partial charge in [-0.25, -0.2) is 0 Å². The molecule has 0 bridgehead atoms. The van der Waals surface area contributed by atoms with Crippen molar-refractivity contribution in [2.24, 2.45) is 5.92 Å². The second kappa shape index (κ2) is 11.9. The fourth-order valence-corrected chi connectivity index (χ4v) is 0. The van der Waals surface area contributed by atoms with E-state index in [9.17, 15) is 4.57 Å². The van der Waals surface area contributed by atoms with Crippen molar-refractivity contribution in [2.45, 2.75) is 66.0 Å². The molecule has 0 aliphatic rings. The lowest BCUT2D eigenvalue weighted by molar-refractivity contribution is 0.144. The van der Waals surface area contributed by atoms with Gasteiger partial charge in [0.15, 0.2) is 0 Å². The minimum atomic E-state index is -3.74. The zero-order chi connectivity index (χ0) is 16.4. The van der Waals surface area contributed by atoms with Crippen LogP contribution >= 0.6 is 7.60 Å². The summed E-state index contributed by atoms with van der Waals surface area (Å²) in [5.74, 6) is 0.370. The quantitative estimate of drug-likeness (QED) is 0.398. The largest absolute Gasteiger partial charge is 0.454 e. The van der Waals surface area contributed by atoms with Gasteiger partial charge in [0.05, 0.1) is 11.8 Å². The van der Waals surface area contributed by atoms with Gasteiger partial charge in [-0.1, -0.05) is 41.5 Å². The lowest BCUT2D eigenvalue weighted by Gasteiger charge is -2.04. The lowest BCUT2D eigenvalue weighted by Crippen LogP contribution is -2.14. The lowest BCUT2D eigenvalue weighted by atomic mass is 9.76. The molecule has 1 atom stereocenters. The average molecular weight is 300 g/mol. The van der Waals surface area contributed by atoms with Crippen molar-refractivity contribution in [1.29, 1.82) is 0 Å². The summed E-state index contributed by atoms with van der Waals surface area (Å²) in [6.07, 6.45) is -0.148. The Bertz CT molecular complexity index is 213. The summed E-state index contributed by atoms with van der Waals surface area (Å²) in [5, 5.41) is 25.0. The van der Waals surface area contributed by atoms with Crippen LogP contribution in [0, 0.1) is 5.92 Å². The third-order valence-electron chi connectivity index (χ3n) is 2.23. The van der Waals surface area contributed by atoms with Crippen LogP contribution in [-0.2, 0) is 4.57 Å². The molecule has 8 heteroatoms. The minimum Gasteiger partial charge on any atom is -0.427 e. The van der Waals surface area contributed by atoms with Crippen molar-refractivity contribution in [2.75, 3.05) is 0 Å². The van der Waals surface area contributed by atoms with Crippen LogP contribution in [0.15, 0.2) is 0 Å². The Morgan fingerprint density at radius 3 is 1.05 bits per heavy atom. The van der Waals surface area contributed by atoms with Crippen LogP contribution in [0.2, 0.25) is 5.82 Å². The monoisotopic (exact) mass is 300 g/mol. The van der Waals surface area contributed by atoms with Gasteiger partial charge in [0, 0.05) is 0 Å². The third kappa shape index (κ3) is 23.6. The van der Waals surface area contributed by atoms with E-state index in [-0.39, 0.29) is 11.9 Å². The number of hydrogen-bond donors (Lipinski definition) is 5. The molecule has 5 N–H and O–H groups in total. The molecule has 0 aromatic heterocycles. The summed E-state index contributed by atoms with van der Waals surface area (Å²) < 4.78 is 10.0. The molecule has 1 unspecified atom stereocenters. The molecule has 0 radical (unpaired) electrons. The highest BCUT2D eigenvalue weighted by Crippen LogP contribution is 2.39. The first kappa shape index (κ1) is 24.1. The summed E-state index contributed by atoms with van der Waals surface area (Å²) >= 11 is 0. The van der Waals surface area contributed by atoms with Crippen LogP contribution in [0.25, 0.3) is 0 Å². The van der Waals surface area contributed by atoms with Crippen LogP contribution < -0.4 is 0 Å². The highest BCUT2D eigenvalue weighted by molar-refractivity contribution is 7.52. The van der Waals surface area contributed by atoms with Crippen molar-refractivity contribution in [1.82, 2.24) is 0 Å². The molecule has 118 valence electrons. The van der Waals surface area contributed by atoms with E-state index < -0.39 is 20.4 Å². The van der Waals surface area contributed by atoms with Gasteiger partial charge in [0.1, 0.15) is 0 Å². The van der Waals surface area contributed by atoms with Crippen molar-refractivity contribution < 1.29 is 29.5 Å². The molecule has 0 aromatic rings. The molecule has 0 aliphatic carbocycles. The van der Waals surface area contributed by atoms with Gasteiger partial charge in [-0.3, -0.25) is 4.57 Å². The number of rotatable bonds is 3. The summed E-state index contributed by atoms with van der Waals surface area (Å²) in [6, 6.07) is 0. The summed E-state index contributed by atoms with van der Waals surface area (Å²) in [5.41, 5.74) is -0.535. The smallest absolute Gasteiger partial charge is 0.427 e. The first-order valence-electron chi connectivity index (χ1n) is 6.32. The molecule has 0 aromatic carbocycles. The molecule has 0 fully saturated rings. The van der Waals surface area contributed by atoms with E-state index in [1.807, 2.05) is 13.8 Å². The van der Waals surface area contributed by atoms with Crippen molar-refractivity contribution in [3.05, 3.63) is 0 Å². The fourth-order valence-electron chi connectivity index (χ4n) is 0.